The van der Waals surface area contributed by atoms with Crippen LogP contribution in [-0.2, 0) is 12.1 Å². The third-order valence-electron chi connectivity index (χ3n) is 4.01. The van der Waals surface area contributed by atoms with Gasteiger partial charge in [-0.3, -0.25) is 0 Å². The number of nitrogens with one attached hydrogen (secondary N) is 1. The highest BCUT2D eigenvalue weighted by atomic mass is 16.3. The van der Waals surface area contributed by atoms with E-state index in [9.17, 15) is 5.11 Å². The summed E-state index contributed by atoms with van der Waals surface area (Å²) in [6.45, 7) is 5.95. The van der Waals surface area contributed by atoms with Gasteiger partial charge in [-0.1, -0.05) is 37.3 Å². The number of benzene rings is 1. The maximum absolute atomic E-state index is 10.1. The monoisotopic (exact) mass is 287 g/mol. The molecule has 0 radical (unpaired) electrons. The van der Waals surface area contributed by atoms with Crippen molar-refractivity contribution in [3.8, 4) is 0 Å². The van der Waals surface area contributed by atoms with E-state index in [0.717, 1.165) is 37.3 Å². The Bertz CT molecular complexity index is 538. The molecule has 1 atom stereocenters. The summed E-state index contributed by atoms with van der Waals surface area (Å²) in [6, 6.07) is 10.2. The first-order valence-electron chi connectivity index (χ1n) is 7.61. The lowest BCUT2D eigenvalue weighted by atomic mass is 9.87. The van der Waals surface area contributed by atoms with Gasteiger partial charge in [0.2, 0.25) is 0 Å². The molecule has 0 aliphatic heterocycles. The lowest BCUT2D eigenvalue weighted by Crippen LogP contribution is -2.46. The summed E-state index contributed by atoms with van der Waals surface area (Å²) in [4.78, 5) is 4.26. The summed E-state index contributed by atoms with van der Waals surface area (Å²) in [6.07, 6.45) is 5.67. The number of rotatable bonds is 8. The van der Waals surface area contributed by atoms with Crippen molar-refractivity contribution < 1.29 is 5.11 Å². The van der Waals surface area contributed by atoms with Gasteiger partial charge in [0.1, 0.15) is 5.82 Å². The molecule has 1 aromatic carbocycles. The molecule has 2 N–H and O–H groups in total. The second kappa shape index (κ2) is 7.38. The van der Waals surface area contributed by atoms with Crippen LogP contribution >= 0.6 is 0 Å². The van der Waals surface area contributed by atoms with E-state index in [2.05, 4.69) is 33.9 Å². The third kappa shape index (κ3) is 3.71. The maximum atomic E-state index is 10.1. The fourth-order valence-corrected chi connectivity index (χ4v) is 2.63. The van der Waals surface area contributed by atoms with E-state index in [1.165, 1.54) is 0 Å². The summed E-state index contributed by atoms with van der Waals surface area (Å²) >= 11 is 0. The van der Waals surface area contributed by atoms with Crippen LogP contribution in [0.1, 0.15) is 31.2 Å². The van der Waals surface area contributed by atoms with Crippen molar-refractivity contribution >= 4 is 0 Å². The number of hydrogen-bond donors (Lipinski definition) is 2. The Morgan fingerprint density at radius 2 is 2.05 bits per heavy atom. The molecule has 2 rings (SSSR count). The van der Waals surface area contributed by atoms with Crippen LogP contribution in [0, 0.1) is 6.92 Å². The van der Waals surface area contributed by atoms with Crippen molar-refractivity contribution in [1.29, 1.82) is 0 Å². The molecule has 2 aromatic rings. The summed E-state index contributed by atoms with van der Waals surface area (Å²) in [5.74, 6) is 1.00. The molecule has 0 bridgehead atoms. The van der Waals surface area contributed by atoms with Gasteiger partial charge in [0.15, 0.2) is 0 Å². The predicted octanol–water partition coefficient (Wildman–Crippen LogP) is 2.47. The smallest absolute Gasteiger partial charge is 0.105 e. The molecule has 0 fully saturated rings. The van der Waals surface area contributed by atoms with Gasteiger partial charge in [-0.05, 0) is 31.9 Å². The van der Waals surface area contributed by atoms with E-state index in [-0.39, 0.29) is 6.61 Å². The fourth-order valence-electron chi connectivity index (χ4n) is 2.63. The zero-order chi connectivity index (χ0) is 15.1. The summed E-state index contributed by atoms with van der Waals surface area (Å²) in [5.41, 5.74) is 0.743. The van der Waals surface area contributed by atoms with Crippen LogP contribution in [0.5, 0.6) is 0 Å². The lowest BCUT2D eigenvalue weighted by Gasteiger charge is -2.34. The average molecular weight is 287 g/mol. The molecule has 0 spiro atoms. The minimum absolute atomic E-state index is 0.0881. The lowest BCUT2D eigenvalue weighted by molar-refractivity contribution is 0.145. The van der Waals surface area contributed by atoms with Crippen LogP contribution in [0.4, 0.5) is 0 Å². The zero-order valence-electron chi connectivity index (χ0n) is 12.9. The minimum Gasteiger partial charge on any atom is -0.394 e. The van der Waals surface area contributed by atoms with Crippen molar-refractivity contribution in [1.82, 2.24) is 14.9 Å². The molecule has 4 heteroatoms. The first kappa shape index (κ1) is 15.7. The summed E-state index contributed by atoms with van der Waals surface area (Å²) < 4.78 is 2.13. The van der Waals surface area contributed by atoms with Gasteiger partial charge in [0.05, 0.1) is 12.1 Å². The van der Waals surface area contributed by atoms with Gasteiger partial charge in [-0.2, -0.15) is 0 Å². The standard InChI is InChI=1S/C17H25N3O/c1-3-10-19-17(14-21,16-7-5-4-6-8-16)9-12-20-13-11-18-15(20)2/h4-8,11,13,19,21H,3,9-10,12,14H2,1-2H3. The number of imidazole rings is 1. The highest BCUT2D eigenvalue weighted by Crippen LogP contribution is 2.25. The van der Waals surface area contributed by atoms with E-state index in [0.29, 0.717) is 0 Å². The Labute approximate surface area is 126 Å². The van der Waals surface area contributed by atoms with Crippen molar-refractivity contribution in [3.63, 3.8) is 0 Å². The van der Waals surface area contributed by atoms with Crippen molar-refractivity contribution in [3.05, 3.63) is 54.1 Å². The van der Waals surface area contributed by atoms with Crippen LogP contribution < -0.4 is 5.32 Å². The number of aliphatic hydroxyl groups excluding tert-OH is 1. The van der Waals surface area contributed by atoms with Crippen LogP contribution in [0.3, 0.4) is 0 Å². The molecule has 0 amide bonds. The van der Waals surface area contributed by atoms with E-state index in [4.69, 9.17) is 0 Å². The predicted molar refractivity (Wildman–Crippen MR) is 85.1 cm³/mol. The van der Waals surface area contributed by atoms with Crippen LogP contribution in [0.2, 0.25) is 0 Å². The number of aromatic nitrogens is 2. The fraction of sp³-hybridized carbons (Fsp3) is 0.471. The molecule has 0 aliphatic rings. The molecule has 21 heavy (non-hydrogen) atoms. The third-order valence-corrected chi connectivity index (χ3v) is 4.01. The summed E-state index contributed by atoms with van der Waals surface area (Å²) in [5, 5.41) is 13.6. The summed E-state index contributed by atoms with van der Waals surface area (Å²) in [7, 11) is 0. The molecular formula is C17H25N3O. The van der Waals surface area contributed by atoms with Gasteiger partial charge in [-0.25, -0.2) is 4.98 Å². The van der Waals surface area contributed by atoms with Crippen LogP contribution in [-0.4, -0.2) is 27.8 Å². The Morgan fingerprint density at radius 3 is 2.62 bits per heavy atom. The molecule has 1 unspecified atom stereocenters. The molecule has 0 saturated carbocycles. The number of aryl methyl sites for hydroxylation is 2. The zero-order valence-corrected chi connectivity index (χ0v) is 12.9. The first-order chi connectivity index (χ1) is 10.2. The van der Waals surface area contributed by atoms with Crippen molar-refractivity contribution in [2.45, 2.75) is 38.8 Å². The van der Waals surface area contributed by atoms with Gasteiger partial charge < -0.3 is 15.0 Å². The largest absolute Gasteiger partial charge is 0.394 e. The maximum Gasteiger partial charge on any atom is 0.105 e. The Hall–Kier alpha value is -1.65. The Balaban J connectivity index is 2.20. The molecule has 114 valence electrons. The first-order valence-corrected chi connectivity index (χ1v) is 7.61. The van der Waals surface area contributed by atoms with E-state index in [1.807, 2.05) is 37.5 Å². The van der Waals surface area contributed by atoms with Crippen LogP contribution in [0.25, 0.3) is 0 Å². The van der Waals surface area contributed by atoms with Crippen molar-refractivity contribution in [2.75, 3.05) is 13.2 Å². The molecule has 1 heterocycles. The van der Waals surface area contributed by atoms with Crippen LogP contribution in [0.15, 0.2) is 42.7 Å². The topological polar surface area (TPSA) is 50.1 Å². The number of aliphatic hydroxyl groups is 1. The Morgan fingerprint density at radius 1 is 1.29 bits per heavy atom. The molecule has 0 saturated heterocycles. The SMILES string of the molecule is CCCNC(CO)(CCn1ccnc1C)c1ccccc1. The number of nitrogens with zero attached hydrogens (tertiary/aromatic N) is 2. The van der Waals surface area contributed by atoms with Gasteiger partial charge in [0.25, 0.3) is 0 Å². The average Bonchev–Trinajstić information content (AvgIpc) is 2.94. The molecule has 1 aromatic heterocycles. The second-order valence-electron chi connectivity index (χ2n) is 5.45. The van der Waals surface area contributed by atoms with E-state index >= 15 is 0 Å². The van der Waals surface area contributed by atoms with Gasteiger partial charge >= 0.3 is 0 Å². The molecular weight excluding hydrogens is 262 g/mol. The van der Waals surface area contributed by atoms with E-state index < -0.39 is 5.54 Å². The van der Waals surface area contributed by atoms with Gasteiger partial charge in [-0.15, -0.1) is 0 Å². The minimum atomic E-state index is -0.395. The molecule has 0 aliphatic carbocycles. The Kier molecular flexibility index (Phi) is 5.53. The normalized spacial score (nSPS) is 14.0. The van der Waals surface area contributed by atoms with E-state index in [1.54, 1.807) is 0 Å². The highest BCUT2D eigenvalue weighted by molar-refractivity contribution is 5.24. The van der Waals surface area contributed by atoms with Gasteiger partial charge in [0, 0.05) is 18.9 Å². The second-order valence-corrected chi connectivity index (χ2v) is 5.45. The quantitative estimate of drug-likeness (QED) is 0.784. The highest BCUT2D eigenvalue weighted by Gasteiger charge is 2.30. The number of hydrogen-bond acceptors (Lipinski definition) is 3. The molecule has 4 nitrogen and oxygen atoms in total. The van der Waals surface area contributed by atoms with Crippen molar-refractivity contribution in [2.24, 2.45) is 0 Å².